The number of nitrogens with one attached hydrogen (secondary N) is 1. The maximum atomic E-state index is 13.1. The maximum Gasteiger partial charge on any atom is 0.251 e. The van der Waals surface area contributed by atoms with E-state index in [4.69, 9.17) is 11.6 Å². The second-order valence-electron chi connectivity index (χ2n) is 6.70. The van der Waals surface area contributed by atoms with Gasteiger partial charge in [0.15, 0.2) is 0 Å². The third kappa shape index (κ3) is 4.83. The zero-order valence-electron chi connectivity index (χ0n) is 14.8. The van der Waals surface area contributed by atoms with Gasteiger partial charge in [-0.25, -0.2) is 4.39 Å². The first-order valence-electron chi connectivity index (χ1n) is 9.17. The van der Waals surface area contributed by atoms with Gasteiger partial charge >= 0.3 is 0 Å². The van der Waals surface area contributed by atoms with E-state index in [9.17, 15) is 9.18 Å². The van der Waals surface area contributed by atoms with Crippen LogP contribution in [-0.4, -0.2) is 30.4 Å². The quantitative estimate of drug-likeness (QED) is 0.813. The summed E-state index contributed by atoms with van der Waals surface area (Å²) >= 11 is 6.45. The molecule has 1 aliphatic rings. The second-order valence-corrected chi connectivity index (χ2v) is 7.11. The lowest BCUT2D eigenvalue weighted by molar-refractivity contribution is 0.0933. The smallest absolute Gasteiger partial charge is 0.251 e. The first-order valence-corrected chi connectivity index (χ1v) is 9.55. The maximum absolute atomic E-state index is 13.1. The Morgan fingerprint density at radius 3 is 2.35 bits per heavy atom. The predicted octanol–water partition coefficient (Wildman–Crippen LogP) is 4.83. The van der Waals surface area contributed by atoms with Crippen molar-refractivity contribution in [3.05, 3.63) is 70.5 Å². The normalized spacial score (nSPS) is 16.7. The molecule has 1 aliphatic heterocycles. The molecule has 1 heterocycles. The number of rotatable bonds is 5. The summed E-state index contributed by atoms with van der Waals surface area (Å²) in [4.78, 5) is 14.9. The number of benzene rings is 2. The summed E-state index contributed by atoms with van der Waals surface area (Å²) in [6.07, 6.45) is 4.81. The van der Waals surface area contributed by atoms with Crippen molar-refractivity contribution in [2.24, 2.45) is 0 Å². The molecule has 0 aliphatic carbocycles. The zero-order chi connectivity index (χ0) is 18.4. The lowest BCUT2D eigenvalue weighted by Gasteiger charge is -2.31. The average molecular weight is 375 g/mol. The van der Waals surface area contributed by atoms with Gasteiger partial charge in [0.25, 0.3) is 5.91 Å². The van der Waals surface area contributed by atoms with Gasteiger partial charge in [0, 0.05) is 17.1 Å². The van der Waals surface area contributed by atoms with Gasteiger partial charge in [0.1, 0.15) is 5.82 Å². The van der Waals surface area contributed by atoms with E-state index in [1.54, 1.807) is 0 Å². The number of carbonyl (C=O) groups excluding carboxylic acids is 1. The molecule has 1 fully saturated rings. The summed E-state index contributed by atoms with van der Waals surface area (Å²) in [6.45, 7) is 2.48. The van der Waals surface area contributed by atoms with E-state index < -0.39 is 0 Å². The highest BCUT2D eigenvalue weighted by Crippen LogP contribution is 2.29. The summed E-state index contributed by atoms with van der Waals surface area (Å²) in [7, 11) is 0. The van der Waals surface area contributed by atoms with Gasteiger partial charge in [0.2, 0.25) is 0 Å². The van der Waals surface area contributed by atoms with Crippen molar-refractivity contribution in [2.75, 3.05) is 19.6 Å². The largest absolute Gasteiger partial charge is 0.350 e. The van der Waals surface area contributed by atoms with E-state index in [-0.39, 0.29) is 17.8 Å². The molecule has 26 heavy (non-hydrogen) atoms. The monoisotopic (exact) mass is 374 g/mol. The van der Waals surface area contributed by atoms with Crippen molar-refractivity contribution in [1.82, 2.24) is 10.2 Å². The summed E-state index contributed by atoms with van der Waals surface area (Å²) in [5, 5.41) is 3.72. The summed E-state index contributed by atoms with van der Waals surface area (Å²) < 4.78 is 13.1. The number of hydrogen-bond donors (Lipinski definition) is 1. The molecule has 0 bridgehead atoms. The van der Waals surface area contributed by atoms with Crippen LogP contribution in [0, 0.1) is 5.82 Å². The second kappa shape index (κ2) is 9.15. The highest BCUT2D eigenvalue weighted by atomic mass is 35.5. The Kier molecular flexibility index (Phi) is 6.64. The molecule has 138 valence electrons. The van der Waals surface area contributed by atoms with Crippen molar-refractivity contribution < 1.29 is 9.18 Å². The van der Waals surface area contributed by atoms with Gasteiger partial charge < -0.3 is 5.32 Å². The Bertz CT molecular complexity index is 727. The van der Waals surface area contributed by atoms with Gasteiger partial charge in [-0.3, -0.25) is 9.69 Å². The van der Waals surface area contributed by atoms with Crippen LogP contribution in [0.1, 0.15) is 47.6 Å². The van der Waals surface area contributed by atoms with Crippen LogP contribution in [0.3, 0.4) is 0 Å². The number of carbonyl (C=O) groups is 1. The zero-order valence-corrected chi connectivity index (χ0v) is 15.5. The molecule has 1 N–H and O–H groups in total. The molecule has 2 aromatic carbocycles. The molecule has 5 heteroatoms. The third-order valence-corrected chi connectivity index (χ3v) is 5.25. The summed E-state index contributed by atoms with van der Waals surface area (Å²) in [5.41, 5.74) is 1.50. The Balaban J connectivity index is 1.76. The van der Waals surface area contributed by atoms with Gasteiger partial charge in [-0.2, -0.15) is 0 Å². The van der Waals surface area contributed by atoms with Crippen molar-refractivity contribution in [2.45, 2.75) is 31.7 Å². The third-order valence-electron chi connectivity index (χ3n) is 4.91. The van der Waals surface area contributed by atoms with Crippen molar-refractivity contribution in [1.29, 1.82) is 0 Å². The fourth-order valence-corrected chi connectivity index (χ4v) is 3.74. The van der Waals surface area contributed by atoms with E-state index in [0.29, 0.717) is 12.1 Å². The van der Waals surface area contributed by atoms with Gasteiger partial charge in [-0.1, -0.05) is 42.6 Å². The van der Waals surface area contributed by atoms with Gasteiger partial charge in [0.05, 0.1) is 6.04 Å². The summed E-state index contributed by atoms with van der Waals surface area (Å²) in [6, 6.07) is 13.5. The van der Waals surface area contributed by atoms with E-state index in [2.05, 4.69) is 10.2 Å². The van der Waals surface area contributed by atoms with Gasteiger partial charge in [-0.15, -0.1) is 0 Å². The van der Waals surface area contributed by atoms with E-state index in [0.717, 1.165) is 36.5 Å². The van der Waals surface area contributed by atoms with E-state index >= 15 is 0 Å². The molecular weight excluding hydrogens is 351 g/mol. The lowest BCUT2D eigenvalue weighted by Crippen LogP contribution is -2.38. The van der Waals surface area contributed by atoms with Crippen LogP contribution < -0.4 is 5.32 Å². The van der Waals surface area contributed by atoms with E-state index in [1.165, 1.54) is 37.1 Å². The predicted molar refractivity (Wildman–Crippen MR) is 103 cm³/mol. The van der Waals surface area contributed by atoms with Crippen LogP contribution in [0.5, 0.6) is 0 Å². The number of amides is 1. The molecule has 3 rings (SSSR count). The minimum atomic E-state index is -0.347. The Hall–Kier alpha value is -1.91. The Morgan fingerprint density at radius 2 is 1.69 bits per heavy atom. The minimum Gasteiger partial charge on any atom is -0.350 e. The number of halogens is 2. The van der Waals surface area contributed by atoms with Crippen LogP contribution in [0.15, 0.2) is 48.5 Å². The van der Waals surface area contributed by atoms with E-state index in [1.807, 2.05) is 24.3 Å². The highest BCUT2D eigenvalue weighted by molar-refractivity contribution is 6.31. The molecule has 3 nitrogen and oxygen atoms in total. The molecule has 1 atom stereocenters. The van der Waals surface area contributed by atoms with Crippen LogP contribution in [0.25, 0.3) is 0 Å². The van der Waals surface area contributed by atoms with Crippen LogP contribution in [-0.2, 0) is 0 Å². The number of hydrogen-bond acceptors (Lipinski definition) is 2. The molecular formula is C21H24ClFN2O. The number of likely N-dealkylation sites (tertiary alicyclic amines) is 1. The van der Waals surface area contributed by atoms with Crippen molar-refractivity contribution >= 4 is 17.5 Å². The molecule has 1 amide bonds. The highest BCUT2D eigenvalue weighted by Gasteiger charge is 2.24. The number of nitrogens with zero attached hydrogens (tertiary/aromatic N) is 1. The molecule has 0 aromatic heterocycles. The molecule has 1 unspecified atom stereocenters. The fraction of sp³-hybridized carbons (Fsp3) is 0.381. The minimum absolute atomic E-state index is 0.0335. The van der Waals surface area contributed by atoms with Crippen LogP contribution >= 0.6 is 11.6 Å². The first-order chi connectivity index (χ1) is 12.6. The van der Waals surface area contributed by atoms with Gasteiger partial charge in [-0.05, 0) is 61.8 Å². The van der Waals surface area contributed by atoms with Crippen LogP contribution in [0.4, 0.5) is 4.39 Å². The molecule has 0 spiro atoms. The van der Waals surface area contributed by atoms with Crippen LogP contribution in [0.2, 0.25) is 5.02 Å². The lowest BCUT2D eigenvalue weighted by atomic mass is 10.0. The SMILES string of the molecule is O=C(NCC(c1ccccc1Cl)N1CCCCCC1)c1ccc(F)cc1. The van der Waals surface area contributed by atoms with Crippen molar-refractivity contribution in [3.8, 4) is 0 Å². The summed E-state index contributed by atoms with van der Waals surface area (Å²) in [5.74, 6) is -0.545. The average Bonchev–Trinajstić information content (AvgIpc) is 2.93. The Morgan fingerprint density at radius 1 is 1.04 bits per heavy atom. The standard InChI is InChI=1S/C21H24ClFN2O/c22-19-8-4-3-7-18(19)20(25-13-5-1-2-6-14-25)15-24-21(26)16-9-11-17(23)12-10-16/h3-4,7-12,20H,1-2,5-6,13-15H2,(H,24,26). The topological polar surface area (TPSA) is 32.3 Å². The fourth-order valence-electron chi connectivity index (χ4n) is 3.48. The molecule has 0 saturated carbocycles. The Labute approximate surface area is 159 Å². The molecule has 0 radical (unpaired) electrons. The first kappa shape index (κ1) is 18.9. The molecule has 2 aromatic rings. The molecule has 1 saturated heterocycles. The van der Waals surface area contributed by atoms with Crippen molar-refractivity contribution in [3.63, 3.8) is 0 Å².